The second-order valence-corrected chi connectivity index (χ2v) is 3.14. The average Bonchev–Trinajstić information content (AvgIpc) is 2.01. The first-order valence-corrected chi connectivity index (χ1v) is 4.66. The molecular formula is C7H7NO5S. The van der Waals surface area contributed by atoms with Crippen LogP contribution in [0.15, 0.2) is 18.2 Å². The summed E-state index contributed by atoms with van der Waals surface area (Å²) in [6.45, 7) is 0. The van der Waals surface area contributed by atoms with Crippen molar-refractivity contribution < 1.29 is 23.4 Å². The zero-order chi connectivity index (χ0) is 10.7. The summed E-state index contributed by atoms with van der Waals surface area (Å²) < 4.78 is 22.5. The van der Waals surface area contributed by atoms with Crippen LogP contribution in [0.5, 0.6) is 5.75 Å². The lowest BCUT2D eigenvalue weighted by molar-refractivity contribution is 0.0694. The van der Waals surface area contributed by atoms with Crippen LogP contribution in [0.25, 0.3) is 0 Å². The minimum absolute atomic E-state index is 0.114. The number of nitrogens with one attached hydrogen (secondary N) is 1. The molecule has 7 heteroatoms. The molecule has 14 heavy (non-hydrogen) atoms. The molecule has 0 saturated heterocycles. The zero-order valence-corrected chi connectivity index (χ0v) is 7.69. The Hall–Kier alpha value is -1.76. The van der Waals surface area contributed by atoms with Crippen LogP contribution < -0.4 is 4.72 Å². The van der Waals surface area contributed by atoms with E-state index in [1.807, 2.05) is 4.72 Å². The number of aromatic hydroxyl groups is 1. The first-order chi connectivity index (χ1) is 6.50. The highest BCUT2D eigenvalue weighted by Crippen LogP contribution is 2.21. The molecule has 0 atom stereocenters. The maximum atomic E-state index is 10.5. The number of carboxylic acid groups (broad SMARTS) is 1. The number of hydrogen-bond acceptors (Lipinski definition) is 4. The van der Waals surface area contributed by atoms with E-state index in [1.54, 1.807) is 0 Å². The van der Waals surface area contributed by atoms with Gasteiger partial charge in [-0.1, -0.05) is 0 Å². The van der Waals surface area contributed by atoms with Gasteiger partial charge in [0.15, 0.2) is 0 Å². The largest absolute Gasteiger partial charge is 0.507 e. The Morgan fingerprint density at radius 3 is 2.43 bits per heavy atom. The fraction of sp³-hybridized carbons (Fsp3) is 0. The van der Waals surface area contributed by atoms with E-state index in [-0.39, 0.29) is 11.3 Å². The van der Waals surface area contributed by atoms with Crippen LogP contribution >= 0.6 is 0 Å². The molecular weight excluding hydrogens is 210 g/mol. The number of phenols is 1. The summed E-state index contributed by atoms with van der Waals surface area (Å²) in [4.78, 5) is 10.5. The van der Waals surface area contributed by atoms with Gasteiger partial charge in [-0.2, -0.15) is 0 Å². The van der Waals surface area contributed by atoms with Crippen molar-refractivity contribution >= 4 is 22.5 Å². The second-order valence-electron chi connectivity index (χ2n) is 2.41. The van der Waals surface area contributed by atoms with Crippen molar-refractivity contribution in [1.29, 1.82) is 0 Å². The van der Waals surface area contributed by atoms with Gasteiger partial charge >= 0.3 is 5.97 Å². The molecule has 1 rings (SSSR count). The summed E-state index contributed by atoms with van der Waals surface area (Å²) in [7, 11) is -2.82. The third-order valence-electron chi connectivity index (χ3n) is 1.45. The highest BCUT2D eigenvalue weighted by atomic mass is 32.2. The van der Waals surface area contributed by atoms with Gasteiger partial charge < -0.3 is 10.2 Å². The molecule has 0 saturated carbocycles. The van der Waals surface area contributed by atoms with Gasteiger partial charge in [0.05, 0.1) is 5.69 Å². The zero-order valence-electron chi connectivity index (χ0n) is 6.80. The minimum atomic E-state index is -2.82. The summed E-state index contributed by atoms with van der Waals surface area (Å²) in [6, 6.07) is 3.38. The standard InChI is InChI=1S/C7H7NO5S/c9-6-3-4(8-14(12)13)1-2-5(6)7(10)11/h1-3,9,14H,(H,10,11)(H,8,12,13). The molecule has 0 aliphatic heterocycles. The van der Waals surface area contributed by atoms with E-state index in [0.29, 0.717) is 0 Å². The van der Waals surface area contributed by atoms with Crippen LogP contribution in [0.2, 0.25) is 0 Å². The van der Waals surface area contributed by atoms with E-state index in [4.69, 9.17) is 10.2 Å². The molecule has 76 valence electrons. The molecule has 0 spiro atoms. The van der Waals surface area contributed by atoms with Gasteiger partial charge in [-0.25, -0.2) is 13.2 Å². The van der Waals surface area contributed by atoms with Gasteiger partial charge in [-0.05, 0) is 12.1 Å². The monoisotopic (exact) mass is 217 g/mol. The van der Waals surface area contributed by atoms with Crippen LogP contribution in [0.4, 0.5) is 5.69 Å². The van der Waals surface area contributed by atoms with Crippen molar-refractivity contribution in [3.8, 4) is 5.75 Å². The van der Waals surface area contributed by atoms with E-state index in [0.717, 1.165) is 12.1 Å². The number of anilines is 1. The molecule has 0 aliphatic carbocycles. The molecule has 1 aromatic carbocycles. The Labute approximate surface area is 80.9 Å². The third-order valence-corrected chi connectivity index (χ3v) is 1.89. The van der Waals surface area contributed by atoms with Crippen LogP contribution in [-0.4, -0.2) is 24.6 Å². The number of carbonyl (C=O) groups is 1. The van der Waals surface area contributed by atoms with E-state index in [2.05, 4.69) is 0 Å². The van der Waals surface area contributed by atoms with E-state index in [9.17, 15) is 13.2 Å². The molecule has 0 unspecified atom stereocenters. The van der Waals surface area contributed by atoms with Crippen molar-refractivity contribution in [2.45, 2.75) is 0 Å². The van der Waals surface area contributed by atoms with Crippen molar-refractivity contribution in [3.05, 3.63) is 23.8 Å². The summed E-state index contributed by atoms with van der Waals surface area (Å²) in [5, 5.41) is 17.7. The first-order valence-electron chi connectivity index (χ1n) is 3.48. The van der Waals surface area contributed by atoms with Crippen LogP contribution in [0.1, 0.15) is 10.4 Å². The smallest absolute Gasteiger partial charge is 0.339 e. The highest BCUT2D eigenvalue weighted by Gasteiger charge is 2.09. The van der Waals surface area contributed by atoms with E-state index < -0.39 is 22.6 Å². The Morgan fingerprint density at radius 1 is 1.36 bits per heavy atom. The molecule has 3 N–H and O–H groups in total. The fourth-order valence-electron chi connectivity index (χ4n) is 0.887. The molecule has 6 nitrogen and oxygen atoms in total. The molecule has 0 amide bonds. The molecule has 0 heterocycles. The number of aromatic carboxylic acids is 1. The molecule has 0 aliphatic rings. The minimum Gasteiger partial charge on any atom is -0.507 e. The van der Waals surface area contributed by atoms with Gasteiger partial charge in [-0.3, -0.25) is 4.72 Å². The Bertz CT molecular complexity index is 432. The van der Waals surface area contributed by atoms with Gasteiger partial charge in [0.2, 0.25) is 10.9 Å². The number of hydrogen-bond donors (Lipinski definition) is 4. The predicted octanol–water partition coefficient (Wildman–Crippen LogP) is 0.0287. The molecule has 0 radical (unpaired) electrons. The quantitative estimate of drug-likeness (QED) is 0.535. The van der Waals surface area contributed by atoms with E-state index >= 15 is 0 Å². The molecule has 0 bridgehead atoms. The summed E-state index contributed by atoms with van der Waals surface area (Å²) >= 11 is 0. The summed E-state index contributed by atoms with van der Waals surface area (Å²) in [6.07, 6.45) is 0. The van der Waals surface area contributed by atoms with E-state index in [1.165, 1.54) is 6.07 Å². The predicted molar refractivity (Wildman–Crippen MR) is 49.0 cm³/mol. The van der Waals surface area contributed by atoms with Crippen LogP contribution in [0, 0.1) is 0 Å². The lowest BCUT2D eigenvalue weighted by Crippen LogP contribution is -1.99. The molecule has 0 aromatic heterocycles. The van der Waals surface area contributed by atoms with Gasteiger partial charge in [0, 0.05) is 6.07 Å². The summed E-state index contributed by atoms with van der Waals surface area (Å²) in [5.41, 5.74) is -0.166. The Morgan fingerprint density at radius 2 is 2.00 bits per heavy atom. The van der Waals surface area contributed by atoms with Crippen molar-refractivity contribution in [2.75, 3.05) is 4.72 Å². The number of carboxylic acids is 1. The lowest BCUT2D eigenvalue weighted by atomic mass is 10.2. The Kier molecular flexibility index (Phi) is 2.92. The van der Waals surface area contributed by atoms with Crippen molar-refractivity contribution in [1.82, 2.24) is 0 Å². The molecule has 1 aromatic rings. The van der Waals surface area contributed by atoms with Gasteiger partial charge in [0.25, 0.3) is 0 Å². The number of thiol groups is 1. The third kappa shape index (κ3) is 2.36. The average molecular weight is 217 g/mol. The van der Waals surface area contributed by atoms with Gasteiger partial charge in [-0.15, -0.1) is 0 Å². The first kappa shape index (κ1) is 10.3. The number of benzene rings is 1. The van der Waals surface area contributed by atoms with Crippen LogP contribution in [0.3, 0.4) is 0 Å². The summed E-state index contributed by atoms with van der Waals surface area (Å²) in [5.74, 6) is -1.76. The Balaban J connectivity index is 3.06. The number of rotatable bonds is 3. The van der Waals surface area contributed by atoms with Gasteiger partial charge in [0.1, 0.15) is 11.3 Å². The van der Waals surface area contributed by atoms with Crippen molar-refractivity contribution in [2.24, 2.45) is 0 Å². The fourth-order valence-corrected chi connectivity index (χ4v) is 1.24. The normalized spacial score (nSPS) is 10.1. The molecule has 0 fully saturated rings. The lowest BCUT2D eigenvalue weighted by Gasteiger charge is -2.02. The van der Waals surface area contributed by atoms with Crippen molar-refractivity contribution in [3.63, 3.8) is 0 Å². The maximum absolute atomic E-state index is 10.5. The second kappa shape index (κ2) is 3.97. The SMILES string of the molecule is O=C(O)c1ccc(N[SH](=O)=O)cc1O. The topological polar surface area (TPSA) is 104 Å². The maximum Gasteiger partial charge on any atom is 0.339 e. The van der Waals surface area contributed by atoms with Crippen LogP contribution in [-0.2, 0) is 10.9 Å². The highest BCUT2D eigenvalue weighted by molar-refractivity contribution is 7.73.